The first-order valence-corrected chi connectivity index (χ1v) is 10.4. The summed E-state index contributed by atoms with van der Waals surface area (Å²) < 4.78 is 0. The van der Waals surface area contributed by atoms with E-state index in [1.807, 2.05) is 24.3 Å². The molecule has 0 fully saturated rings. The van der Waals surface area contributed by atoms with Gasteiger partial charge in [-0.1, -0.05) is 36.0 Å². The van der Waals surface area contributed by atoms with Crippen molar-refractivity contribution in [1.29, 1.82) is 0 Å². The Balaban J connectivity index is 1.47. The van der Waals surface area contributed by atoms with E-state index in [2.05, 4.69) is 10.3 Å². The molecule has 3 aromatic rings. The highest BCUT2D eigenvalue weighted by Gasteiger charge is 2.25. The molecule has 2 heterocycles. The largest absolute Gasteiger partial charge is 0.322 e. The number of benzene rings is 2. The van der Waals surface area contributed by atoms with Crippen LogP contribution in [-0.2, 0) is 11.3 Å². The number of pyridine rings is 1. The molecule has 1 N–H and O–H groups in total. The Morgan fingerprint density at radius 3 is 2.63 bits per heavy atom. The number of fused-ring (bicyclic) bond motifs is 1. The van der Waals surface area contributed by atoms with E-state index in [-0.39, 0.29) is 17.6 Å². The van der Waals surface area contributed by atoms with Crippen LogP contribution >= 0.6 is 11.8 Å². The average Bonchev–Trinajstić information content (AvgIpc) is 2.76. The Kier molecular flexibility index (Phi) is 5.63. The molecule has 150 valence electrons. The molecule has 4 rings (SSSR count). The minimum Gasteiger partial charge on any atom is -0.322 e. The van der Waals surface area contributed by atoms with Crippen molar-refractivity contribution in [1.82, 2.24) is 4.98 Å². The molecule has 2 amide bonds. The maximum absolute atomic E-state index is 12.5. The second-order valence-corrected chi connectivity index (χ2v) is 7.85. The molecule has 30 heavy (non-hydrogen) atoms. The van der Waals surface area contributed by atoms with Gasteiger partial charge in [0.05, 0.1) is 18.0 Å². The lowest BCUT2D eigenvalue weighted by Gasteiger charge is -2.28. The second kappa shape index (κ2) is 8.51. The van der Waals surface area contributed by atoms with E-state index in [1.165, 1.54) is 18.7 Å². The van der Waals surface area contributed by atoms with Crippen molar-refractivity contribution in [2.24, 2.45) is 0 Å². The quantitative estimate of drug-likeness (QED) is 0.630. The van der Waals surface area contributed by atoms with E-state index < -0.39 is 0 Å². The van der Waals surface area contributed by atoms with Gasteiger partial charge in [0.1, 0.15) is 5.03 Å². The maximum Gasteiger partial charge on any atom is 0.255 e. The van der Waals surface area contributed by atoms with Gasteiger partial charge >= 0.3 is 0 Å². The molecule has 1 aliphatic rings. The molecule has 0 atom stereocenters. The molecule has 0 radical (unpaired) electrons. The first-order chi connectivity index (χ1) is 14.5. The van der Waals surface area contributed by atoms with Gasteiger partial charge in [-0.25, -0.2) is 4.98 Å². The fraction of sp³-hybridized carbons (Fsp3) is 0.130. The van der Waals surface area contributed by atoms with Crippen molar-refractivity contribution in [2.45, 2.75) is 18.5 Å². The van der Waals surface area contributed by atoms with Gasteiger partial charge in [0.25, 0.3) is 5.91 Å². The molecule has 0 aliphatic carbocycles. The van der Waals surface area contributed by atoms with Crippen molar-refractivity contribution >= 4 is 40.7 Å². The number of amides is 2. The third-order valence-electron chi connectivity index (χ3n) is 4.76. The predicted octanol–water partition coefficient (Wildman–Crippen LogP) is 4.18. The normalized spacial score (nSPS) is 13.0. The summed E-state index contributed by atoms with van der Waals surface area (Å²) in [6, 6.07) is 17.7. The first-order valence-electron chi connectivity index (χ1n) is 9.41. The summed E-state index contributed by atoms with van der Waals surface area (Å²) in [5, 5.41) is 3.66. The van der Waals surface area contributed by atoms with Crippen molar-refractivity contribution in [3.8, 4) is 0 Å². The summed E-state index contributed by atoms with van der Waals surface area (Å²) in [6.07, 6.45) is 1.72. The number of ketones is 1. The molecule has 0 saturated heterocycles. The topological polar surface area (TPSA) is 79.4 Å². The number of aromatic nitrogens is 1. The van der Waals surface area contributed by atoms with Crippen molar-refractivity contribution in [3.63, 3.8) is 0 Å². The zero-order valence-electron chi connectivity index (χ0n) is 16.3. The van der Waals surface area contributed by atoms with Crippen LogP contribution < -0.4 is 10.2 Å². The van der Waals surface area contributed by atoms with Crippen LogP contribution in [0.3, 0.4) is 0 Å². The average molecular weight is 417 g/mol. The molecule has 7 heteroatoms. The van der Waals surface area contributed by atoms with Crippen LogP contribution in [0.4, 0.5) is 11.4 Å². The van der Waals surface area contributed by atoms with Crippen molar-refractivity contribution in [2.75, 3.05) is 16.0 Å². The Morgan fingerprint density at radius 1 is 1.07 bits per heavy atom. The van der Waals surface area contributed by atoms with E-state index in [1.54, 1.807) is 47.5 Å². The second-order valence-electron chi connectivity index (χ2n) is 6.88. The number of nitrogens with zero attached hydrogens (tertiary/aromatic N) is 2. The van der Waals surface area contributed by atoms with Gasteiger partial charge in [-0.15, -0.1) is 0 Å². The summed E-state index contributed by atoms with van der Waals surface area (Å²) in [5.74, 6) is 0.0805. The van der Waals surface area contributed by atoms with Crippen molar-refractivity contribution in [3.05, 3.63) is 83.6 Å². The predicted molar refractivity (Wildman–Crippen MR) is 117 cm³/mol. The molecule has 0 saturated carbocycles. The van der Waals surface area contributed by atoms with E-state index >= 15 is 0 Å². The van der Waals surface area contributed by atoms with Gasteiger partial charge in [-0.3, -0.25) is 14.4 Å². The summed E-state index contributed by atoms with van der Waals surface area (Å²) in [6.45, 7) is 1.90. The van der Waals surface area contributed by atoms with E-state index in [0.717, 1.165) is 16.3 Å². The number of carbonyl (C=O) groups is 3. The summed E-state index contributed by atoms with van der Waals surface area (Å²) >= 11 is 1.44. The molecule has 0 bridgehead atoms. The minimum atomic E-state index is -0.262. The third kappa shape index (κ3) is 4.26. The van der Waals surface area contributed by atoms with Gasteiger partial charge in [0.2, 0.25) is 5.91 Å². The fourth-order valence-electron chi connectivity index (χ4n) is 3.18. The van der Waals surface area contributed by atoms with Crippen LogP contribution in [-0.4, -0.2) is 28.3 Å². The Bertz CT molecular complexity index is 1130. The maximum atomic E-state index is 12.5. The number of rotatable bonds is 5. The smallest absolute Gasteiger partial charge is 0.255 e. The Morgan fingerprint density at radius 2 is 1.87 bits per heavy atom. The van der Waals surface area contributed by atoms with Crippen LogP contribution in [0.5, 0.6) is 0 Å². The number of nitrogens with one attached hydrogen (secondary N) is 1. The first kappa shape index (κ1) is 19.8. The molecular weight excluding hydrogens is 398 g/mol. The highest BCUT2D eigenvalue weighted by Crippen LogP contribution is 2.34. The van der Waals surface area contributed by atoms with Gasteiger partial charge < -0.3 is 10.2 Å². The van der Waals surface area contributed by atoms with Gasteiger partial charge in [0, 0.05) is 23.0 Å². The standard InChI is InChI=1S/C23H19N3O3S/c1-15(27)18-4-2-5-19(12-18)25-22(29)17-9-7-16(8-10-17)13-26-20-6-3-11-24-23(20)30-14-21(26)28/h2-12H,13-14H2,1H3,(H,25,29). The number of hydrogen-bond donors (Lipinski definition) is 1. The Hall–Kier alpha value is -3.45. The van der Waals surface area contributed by atoms with Crippen LogP contribution in [0.2, 0.25) is 0 Å². The highest BCUT2D eigenvalue weighted by atomic mass is 32.2. The third-order valence-corrected chi connectivity index (χ3v) is 5.74. The van der Waals surface area contributed by atoms with E-state index in [0.29, 0.717) is 29.1 Å². The number of Topliss-reactive ketones (excluding diaryl/α,β-unsaturated/α-hetero) is 1. The number of hydrogen-bond acceptors (Lipinski definition) is 5. The lowest BCUT2D eigenvalue weighted by molar-refractivity contribution is -0.116. The van der Waals surface area contributed by atoms with Crippen LogP contribution in [0, 0.1) is 0 Å². The SMILES string of the molecule is CC(=O)c1cccc(NC(=O)c2ccc(CN3C(=O)CSc4ncccc43)cc2)c1. The molecule has 1 aromatic heterocycles. The minimum absolute atomic E-state index is 0.0349. The zero-order valence-corrected chi connectivity index (χ0v) is 17.1. The van der Waals surface area contributed by atoms with Gasteiger partial charge in [-0.2, -0.15) is 0 Å². The van der Waals surface area contributed by atoms with E-state index in [4.69, 9.17) is 0 Å². The summed E-state index contributed by atoms with van der Waals surface area (Å²) in [7, 11) is 0. The summed E-state index contributed by atoms with van der Waals surface area (Å²) in [4.78, 5) is 42.5. The lowest BCUT2D eigenvalue weighted by atomic mass is 10.1. The van der Waals surface area contributed by atoms with Crippen LogP contribution in [0.15, 0.2) is 71.9 Å². The molecule has 0 spiro atoms. The van der Waals surface area contributed by atoms with Crippen molar-refractivity contribution < 1.29 is 14.4 Å². The Labute approximate surface area is 178 Å². The molecule has 2 aromatic carbocycles. The molecule has 6 nitrogen and oxygen atoms in total. The molecular formula is C23H19N3O3S. The summed E-state index contributed by atoms with van der Waals surface area (Å²) in [5.41, 5.74) is 3.33. The molecule has 0 unspecified atom stereocenters. The monoisotopic (exact) mass is 417 g/mol. The number of carbonyl (C=O) groups excluding carboxylic acids is 3. The van der Waals surface area contributed by atoms with Gasteiger partial charge in [-0.05, 0) is 48.9 Å². The molecule has 1 aliphatic heterocycles. The highest BCUT2D eigenvalue weighted by molar-refractivity contribution is 8.00. The fourth-order valence-corrected chi connectivity index (χ4v) is 4.06. The number of thioether (sulfide) groups is 1. The van der Waals surface area contributed by atoms with Gasteiger partial charge in [0.15, 0.2) is 5.78 Å². The van der Waals surface area contributed by atoms with Crippen LogP contribution in [0.25, 0.3) is 0 Å². The lowest BCUT2D eigenvalue weighted by Crippen LogP contribution is -2.35. The number of anilines is 2. The van der Waals surface area contributed by atoms with Crippen LogP contribution in [0.1, 0.15) is 33.2 Å². The zero-order chi connectivity index (χ0) is 21.1. The van der Waals surface area contributed by atoms with E-state index in [9.17, 15) is 14.4 Å².